The van der Waals surface area contributed by atoms with E-state index in [-0.39, 0.29) is 15.7 Å². The van der Waals surface area contributed by atoms with Crippen molar-refractivity contribution in [3.05, 3.63) is 36.2 Å². The van der Waals surface area contributed by atoms with Crippen molar-refractivity contribution in [2.24, 2.45) is 0 Å². The maximum Gasteiger partial charge on any atom is 0.247 e. The third-order valence-corrected chi connectivity index (χ3v) is 8.37. The van der Waals surface area contributed by atoms with Crippen molar-refractivity contribution >= 4 is 11.8 Å². The van der Waals surface area contributed by atoms with E-state index in [1.807, 2.05) is 30.3 Å². The van der Waals surface area contributed by atoms with Gasteiger partial charge >= 0.3 is 0 Å². The number of nitrogens with zero attached hydrogens (tertiary/aromatic N) is 2. The molecule has 2 aromatic rings. The second-order valence-electron chi connectivity index (χ2n) is 8.17. The first-order valence-electron chi connectivity index (χ1n) is 10.2. The quantitative estimate of drug-likeness (QED) is 0.760. The van der Waals surface area contributed by atoms with E-state index < -0.39 is 0 Å². The summed E-state index contributed by atoms with van der Waals surface area (Å²) in [6.45, 7) is 0. The van der Waals surface area contributed by atoms with Crippen LogP contribution in [0.25, 0.3) is 11.5 Å². The lowest BCUT2D eigenvalue weighted by atomic mass is 9.82. The van der Waals surface area contributed by atoms with Gasteiger partial charge in [-0.1, -0.05) is 56.7 Å². The van der Waals surface area contributed by atoms with Crippen LogP contribution in [0.15, 0.2) is 34.7 Å². The molecule has 0 bridgehead atoms. The number of benzene rings is 1. The first-order valence-corrected chi connectivity index (χ1v) is 11.0. The lowest BCUT2D eigenvalue weighted by Crippen LogP contribution is -2.41. The Labute approximate surface area is 159 Å². The molecule has 1 N–H and O–H groups in total. The number of hydrogen-bond donors (Lipinski definition) is 1. The van der Waals surface area contributed by atoms with Crippen LogP contribution in [0.5, 0.6) is 0 Å². The Kier molecular flexibility index (Phi) is 4.32. The molecule has 5 heteroatoms. The standard InChI is InChI=1S/C21H27N3OS/c1-4-10-16(11-5-1)18-23-24-19(25-18)17-20(12-6-2-7-13-20)26-21(22-17)14-8-3-9-15-21/h1,4-5,10-11,17,22H,2-3,6-9,12-15H2/t17-/m0/s1. The van der Waals surface area contributed by atoms with Gasteiger partial charge in [0.1, 0.15) is 6.04 Å². The van der Waals surface area contributed by atoms with Crippen LogP contribution in [-0.2, 0) is 0 Å². The minimum Gasteiger partial charge on any atom is -0.419 e. The highest BCUT2D eigenvalue weighted by molar-refractivity contribution is 8.02. The Balaban J connectivity index is 1.48. The van der Waals surface area contributed by atoms with Gasteiger partial charge in [-0.25, -0.2) is 0 Å². The summed E-state index contributed by atoms with van der Waals surface area (Å²) in [6.07, 6.45) is 13.1. The molecule has 5 rings (SSSR count). The Morgan fingerprint density at radius 2 is 1.58 bits per heavy atom. The molecule has 0 amide bonds. The van der Waals surface area contributed by atoms with Crippen molar-refractivity contribution < 1.29 is 4.42 Å². The van der Waals surface area contributed by atoms with Gasteiger partial charge in [-0.2, -0.15) is 0 Å². The van der Waals surface area contributed by atoms with E-state index in [0.717, 1.165) is 11.5 Å². The van der Waals surface area contributed by atoms with Crippen LogP contribution in [0, 0.1) is 0 Å². The molecule has 1 atom stereocenters. The molecule has 0 unspecified atom stereocenters. The van der Waals surface area contributed by atoms with Crippen molar-refractivity contribution in [1.29, 1.82) is 0 Å². The molecule has 3 fully saturated rings. The minimum absolute atomic E-state index is 0.191. The molecule has 1 aromatic carbocycles. The highest BCUT2D eigenvalue weighted by atomic mass is 32.2. The van der Waals surface area contributed by atoms with E-state index in [9.17, 15) is 0 Å². The van der Waals surface area contributed by atoms with Crippen LogP contribution in [0.2, 0.25) is 0 Å². The summed E-state index contributed by atoms with van der Waals surface area (Å²) in [5, 5.41) is 12.9. The van der Waals surface area contributed by atoms with E-state index >= 15 is 0 Å². The third-order valence-electron chi connectivity index (χ3n) is 6.40. The molecule has 1 aromatic heterocycles. The van der Waals surface area contributed by atoms with Crippen molar-refractivity contribution in [3.63, 3.8) is 0 Å². The predicted octanol–water partition coefficient (Wildman–Crippen LogP) is 5.48. The normalized spacial score (nSPS) is 27.2. The van der Waals surface area contributed by atoms with Gasteiger partial charge in [0.2, 0.25) is 11.8 Å². The molecule has 26 heavy (non-hydrogen) atoms. The number of hydrogen-bond acceptors (Lipinski definition) is 5. The second-order valence-corrected chi connectivity index (χ2v) is 9.97. The number of nitrogens with one attached hydrogen (secondary N) is 1. The molecule has 4 nitrogen and oxygen atoms in total. The zero-order chi connectivity index (χ0) is 17.5. The minimum atomic E-state index is 0.191. The van der Waals surface area contributed by atoms with Crippen LogP contribution in [0.3, 0.4) is 0 Å². The fourth-order valence-corrected chi connectivity index (χ4v) is 7.34. The summed E-state index contributed by atoms with van der Waals surface area (Å²) in [5.74, 6) is 1.43. The van der Waals surface area contributed by atoms with Gasteiger partial charge in [0.05, 0.1) is 4.87 Å². The number of aromatic nitrogens is 2. The largest absolute Gasteiger partial charge is 0.419 e. The molecule has 0 radical (unpaired) electrons. The summed E-state index contributed by atoms with van der Waals surface area (Å²) in [7, 11) is 0. The third kappa shape index (κ3) is 2.89. The SMILES string of the molecule is c1ccc(-c2nnc([C@@H]3NC4(CCCCC4)SC34CCCCC4)o2)cc1. The van der Waals surface area contributed by atoms with Crippen molar-refractivity contribution in [3.8, 4) is 11.5 Å². The first-order chi connectivity index (χ1) is 12.8. The molecule has 3 aliphatic rings. The van der Waals surface area contributed by atoms with Crippen LogP contribution in [0.4, 0.5) is 0 Å². The fourth-order valence-electron chi connectivity index (χ4n) is 5.12. The van der Waals surface area contributed by atoms with Gasteiger partial charge < -0.3 is 4.42 Å². The van der Waals surface area contributed by atoms with E-state index in [1.54, 1.807) is 0 Å². The highest BCUT2D eigenvalue weighted by Gasteiger charge is 2.57. The molecule has 2 saturated carbocycles. The summed E-state index contributed by atoms with van der Waals surface area (Å²) < 4.78 is 6.45. The number of rotatable bonds is 2. The topological polar surface area (TPSA) is 51.0 Å². The zero-order valence-corrected chi connectivity index (χ0v) is 16.1. The maximum absolute atomic E-state index is 6.22. The van der Waals surface area contributed by atoms with Crippen LogP contribution < -0.4 is 5.32 Å². The smallest absolute Gasteiger partial charge is 0.247 e. The lowest BCUT2D eigenvalue weighted by Gasteiger charge is -2.38. The van der Waals surface area contributed by atoms with Gasteiger partial charge in [-0.3, -0.25) is 5.32 Å². The van der Waals surface area contributed by atoms with Crippen molar-refractivity contribution in [2.45, 2.75) is 79.9 Å². The summed E-state index contributed by atoms with van der Waals surface area (Å²) in [5.41, 5.74) is 1.00. The molecule has 2 aliphatic carbocycles. The van der Waals surface area contributed by atoms with Gasteiger partial charge in [-0.05, 0) is 37.8 Å². The number of thioether (sulfide) groups is 1. The van der Waals surface area contributed by atoms with Crippen LogP contribution >= 0.6 is 11.8 Å². The van der Waals surface area contributed by atoms with E-state index in [1.165, 1.54) is 64.2 Å². The Bertz CT molecular complexity index is 748. The average Bonchev–Trinajstić information content (AvgIpc) is 3.28. The highest BCUT2D eigenvalue weighted by Crippen LogP contribution is 2.61. The molecule has 2 heterocycles. The monoisotopic (exact) mass is 369 g/mol. The molecule has 1 saturated heterocycles. The second kappa shape index (κ2) is 6.68. The average molecular weight is 370 g/mol. The van der Waals surface area contributed by atoms with E-state index in [4.69, 9.17) is 4.42 Å². The van der Waals surface area contributed by atoms with Crippen LogP contribution in [-0.4, -0.2) is 19.8 Å². The van der Waals surface area contributed by atoms with Gasteiger partial charge in [0.15, 0.2) is 0 Å². The van der Waals surface area contributed by atoms with Crippen molar-refractivity contribution in [2.75, 3.05) is 0 Å². The molecular weight excluding hydrogens is 342 g/mol. The zero-order valence-electron chi connectivity index (χ0n) is 15.2. The van der Waals surface area contributed by atoms with E-state index in [0.29, 0.717) is 5.89 Å². The summed E-state index contributed by atoms with van der Waals surface area (Å²) in [4.78, 5) is 0.224. The summed E-state index contributed by atoms with van der Waals surface area (Å²) >= 11 is 2.23. The first kappa shape index (κ1) is 16.8. The maximum atomic E-state index is 6.22. The Hall–Kier alpha value is -1.33. The molecular formula is C21H27N3OS. The Morgan fingerprint density at radius 1 is 0.885 bits per heavy atom. The fraction of sp³-hybridized carbons (Fsp3) is 0.619. The molecule has 1 aliphatic heterocycles. The Morgan fingerprint density at radius 3 is 2.31 bits per heavy atom. The van der Waals surface area contributed by atoms with E-state index in [2.05, 4.69) is 27.3 Å². The van der Waals surface area contributed by atoms with Gasteiger partial charge in [0, 0.05) is 10.3 Å². The summed E-state index contributed by atoms with van der Waals surface area (Å²) in [6, 6.07) is 10.3. The van der Waals surface area contributed by atoms with Crippen LogP contribution in [0.1, 0.15) is 76.1 Å². The predicted molar refractivity (Wildman–Crippen MR) is 105 cm³/mol. The lowest BCUT2D eigenvalue weighted by molar-refractivity contribution is 0.251. The van der Waals surface area contributed by atoms with Gasteiger partial charge in [-0.15, -0.1) is 22.0 Å². The molecule has 138 valence electrons. The van der Waals surface area contributed by atoms with Gasteiger partial charge in [0.25, 0.3) is 0 Å². The molecule has 2 spiro atoms. The van der Waals surface area contributed by atoms with Crippen molar-refractivity contribution in [1.82, 2.24) is 15.5 Å².